The van der Waals surface area contributed by atoms with E-state index in [0.717, 1.165) is 25.9 Å². The van der Waals surface area contributed by atoms with Gasteiger partial charge in [-0.3, -0.25) is 4.79 Å². The molecule has 2 N–H and O–H groups in total. The molecule has 1 aromatic heterocycles. The summed E-state index contributed by atoms with van der Waals surface area (Å²) in [6, 6.07) is 3.46. The Morgan fingerprint density at radius 3 is 2.33 bits per heavy atom. The fraction of sp³-hybridized carbons (Fsp3) is 0.591. The molecule has 0 bridgehead atoms. The molecule has 0 saturated carbocycles. The normalized spacial score (nSPS) is 14.8. The van der Waals surface area contributed by atoms with Gasteiger partial charge in [-0.05, 0) is 50.9 Å². The molecule has 10 nitrogen and oxygen atoms in total. The molecule has 1 fully saturated rings. The Kier molecular flexibility index (Phi) is 10.2. The average Bonchev–Trinajstić information content (AvgIpc) is 3.22. The van der Waals surface area contributed by atoms with Gasteiger partial charge in [-0.25, -0.2) is 4.68 Å². The van der Waals surface area contributed by atoms with Crippen molar-refractivity contribution in [2.24, 2.45) is 5.92 Å². The van der Waals surface area contributed by atoms with Crippen LogP contribution in [0.1, 0.15) is 30.3 Å². The number of ether oxygens (including phenoxy) is 4. The van der Waals surface area contributed by atoms with Crippen LogP contribution in [0.25, 0.3) is 11.3 Å². The maximum Gasteiger partial charge on any atom is 0.274 e. The number of hydrogen-bond acceptors (Lipinski definition) is 8. The van der Waals surface area contributed by atoms with Gasteiger partial charge in [-0.2, -0.15) is 0 Å². The first-order valence-electron chi connectivity index (χ1n) is 10.8. The number of piperidine rings is 1. The Bertz CT molecular complexity index is 892. The molecule has 1 amide bonds. The van der Waals surface area contributed by atoms with Crippen molar-refractivity contribution >= 4 is 18.3 Å². The van der Waals surface area contributed by atoms with Crippen LogP contribution in [0.2, 0.25) is 0 Å². The highest BCUT2D eigenvalue weighted by molar-refractivity contribution is 5.98. The van der Waals surface area contributed by atoms with Gasteiger partial charge >= 0.3 is 0 Å². The first kappa shape index (κ1) is 26.7. The van der Waals surface area contributed by atoms with Crippen LogP contribution in [0.5, 0.6) is 17.2 Å². The summed E-state index contributed by atoms with van der Waals surface area (Å²) in [7, 11) is 6.27. The van der Waals surface area contributed by atoms with Crippen molar-refractivity contribution in [2.75, 3.05) is 48.1 Å². The largest absolute Gasteiger partial charge is 0.493 e. The van der Waals surface area contributed by atoms with Crippen LogP contribution in [-0.2, 0) is 11.3 Å². The Morgan fingerprint density at radius 2 is 1.79 bits per heavy atom. The van der Waals surface area contributed by atoms with E-state index in [0.29, 0.717) is 47.6 Å². The number of nitrogens with zero attached hydrogens (tertiary/aromatic N) is 3. The van der Waals surface area contributed by atoms with Gasteiger partial charge in [0.2, 0.25) is 5.75 Å². The molecule has 1 aliphatic rings. The molecule has 1 saturated heterocycles. The number of benzene rings is 1. The van der Waals surface area contributed by atoms with E-state index in [9.17, 15) is 4.79 Å². The van der Waals surface area contributed by atoms with Crippen molar-refractivity contribution in [1.29, 1.82) is 0 Å². The summed E-state index contributed by atoms with van der Waals surface area (Å²) < 4.78 is 23.4. The number of amides is 1. The average molecular weight is 484 g/mol. The number of methoxy groups -OCH3 is 4. The number of hydrogen-bond donors (Lipinski definition) is 2. The number of carbonyl (C=O) groups excluding carboxylic acids is 1. The maximum atomic E-state index is 13.1. The second-order valence-electron chi connectivity index (χ2n) is 7.91. The van der Waals surface area contributed by atoms with E-state index in [1.54, 1.807) is 28.4 Å². The lowest BCUT2D eigenvalue weighted by molar-refractivity contribution is 0.0901. The van der Waals surface area contributed by atoms with Gasteiger partial charge in [0.05, 0.1) is 27.9 Å². The first-order valence-corrected chi connectivity index (χ1v) is 10.8. The van der Waals surface area contributed by atoms with Crippen LogP contribution in [-0.4, -0.2) is 75.1 Å². The third kappa shape index (κ3) is 6.27. The molecule has 0 spiro atoms. The number of halogens is 1. The monoisotopic (exact) mass is 483 g/mol. The van der Waals surface area contributed by atoms with Gasteiger partial charge in [-0.15, -0.1) is 17.5 Å². The molecule has 2 heterocycles. The van der Waals surface area contributed by atoms with E-state index < -0.39 is 0 Å². The minimum Gasteiger partial charge on any atom is -0.493 e. The second-order valence-corrected chi connectivity index (χ2v) is 7.91. The summed E-state index contributed by atoms with van der Waals surface area (Å²) in [6.45, 7) is 4.89. The number of nitrogens with one attached hydrogen (secondary N) is 2. The molecule has 1 atom stereocenters. The molecule has 0 aliphatic carbocycles. The summed E-state index contributed by atoms with van der Waals surface area (Å²) in [5, 5.41) is 14.9. The molecule has 184 valence electrons. The molecule has 1 unspecified atom stereocenters. The third-order valence-corrected chi connectivity index (χ3v) is 5.57. The van der Waals surface area contributed by atoms with E-state index >= 15 is 0 Å². The fourth-order valence-electron chi connectivity index (χ4n) is 3.99. The Hall–Kier alpha value is -2.56. The summed E-state index contributed by atoms with van der Waals surface area (Å²) in [4.78, 5) is 13.1. The molecule has 1 aromatic carbocycles. The van der Waals surface area contributed by atoms with E-state index in [1.807, 2.05) is 23.7 Å². The zero-order chi connectivity index (χ0) is 23.1. The minimum atomic E-state index is -0.310. The predicted octanol–water partition coefficient (Wildman–Crippen LogP) is 2.16. The summed E-state index contributed by atoms with van der Waals surface area (Å²) in [6.07, 6.45) is 2.09. The highest BCUT2D eigenvalue weighted by Crippen LogP contribution is 2.41. The molecule has 2 aromatic rings. The smallest absolute Gasteiger partial charge is 0.274 e. The first-order chi connectivity index (χ1) is 15.5. The summed E-state index contributed by atoms with van der Waals surface area (Å²) in [5.74, 6) is 1.61. The van der Waals surface area contributed by atoms with Crippen LogP contribution in [0.3, 0.4) is 0 Å². The highest BCUT2D eigenvalue weighted by Gasteiger charge is 2.26. The molecule has 1 aliphatic heterocycles. The lowest BCUT2D eigenvalue weighted by atomic mass is 9.98. The molecule has 33 heavy (non-hydrogen) atoms. The van der Waals surface area contributed by atoms with Crippen LogP contribution in [0, 0.1) is 5.92 Å². The Morgan fingerprint density at radius 1 is 1.15 bits per heavy atom. The van der Waals surface area contributed by atoms with Crippen molar-refractivity contribution in [3.8, 4) is 28.5 Å². The van der Waals surface area contributed by atoms with E-state index in [1.165, 1.54) is 0 Å². The quantitative estimate of drug-likeness (QED) is 0.529. The second kappa shape index (κ2) is 12.6. The lowest BCUT2D eigenvalue weighted by Gasteiger charge is -2.23. The molecular weight excluding hydrogens is 450 g/mol. The zero-order valence-corrected chi connectivity index (χ0v) is 20.7. The highest BCUT2D eigenvalue weighted by atomic mass is 35.5. The summed E-state index contributed by atoms with van der Waals surface area (Å²) in [5.41, 5.74) is 1.57. The van der Waals surface area contributed by atoms with Gasteiger partial charge in [0.15, 0.2) is 17.2 Å². The van der Waals surface area contributed by atoms with Gasteiger partial charge in [0, 0.05) is 25.3 Å². The topological polar surface area (TPSA) is 109 Å². The molecule has 3 rings (SSSR count). The van der Waals surface area contributed by atoms with E-state index in [4.69, 9.17) is 18.9 Å². The Labute approximate surface area is 200 Å². The van der Waals surface area contributed by atoms with Crippen molar-refractivity contribution in [2.45, 2.75) is 32.4 Å². The van der Waals surface area contributed by atoms with Gasteiger partial charge in [0.25, 0.3) is 5.91 Å². The number of carbonyl (C=O) groups is 1. The van der Waals surface area contributed by atoms with Crippen LogP contribution >= 0.6 is 12.4 Å². The van der Waals surface area contributed by atoms with Crippen molar-refractivity contribution in [1.82, 2.24) is 25.6 Å². The van der Waals surface area contributed by atoms with Crippen LogP contribution in [0.15, 0.2) is 12.1 Å². The molecular formula is C22H34ClN5O5. The lowest BCUT2D eigenvalue weighted by Crippen LogP contribution is -2.36. The van der Waals surface area contributed by atoms with E-state index in [-0.39, 0.29) is 30.0 Å². The van der Waals surface area contributed by atoms with Gasteiger partial charge in [-0.1, -0.05) is 5.21 Å². The van der Waals surface area contributed by atoms with Crippen LogP contribution in [0.4, 0.5) is 0 Å². The number of aromatic nitrogens is 3. The molecule has 11 heteroatoms. The standard InChI is InChI=1S/C22H33N5O5.ClH/c1-14(13-29-2)24-22(28)19-20(27(26-25-19)12-15-6-8-23-9-7-15)16-10-17(30-3)21(32-5)18(11-16)31-4;/h10-11,14-15,23H,6-9,12-13H2,1-5H3,(H,24,28);1H. The predicted molar refractivity (Wildman–Crippen MR) is 127 cm³/mol. The van der Waals surface area contributed by atoms with Crippen molar-refractivity contribution in [3.63, 3.8) is 0 Å². The fourth-order valence-corrected chi connectivity index (χ4v) is 3.99. The summed E-state index contributed by atoms with van der Waals surface area (Å²) >= 11 is 0. The zero-order valence-electron chi connectivity index (χ0n) is 19.8. The maximum absolute atomic E-state index is 13.1. The number of rotatable bonds is 10. The minimum absolute atomic E-state index is 0. The van der Waals surface area contributed by atoms with Gasteiger partial charge in [0.1, 0.15) is 5.69 Å². The Balaban J connectivity index is 0.00000385. The SMILES string of the molecule is COCC(C)NC(=O)c1nnn(CC2CCNCC2)c1-c1cc(OC)c(OC)c(OC)c1.Cl. The van der Waals surface area contributed by atoms with Crippen LogP contribution < -0.4 is 24.8 Å². The van der Waals surface area contributed by atoms with Gasteiger partial charge < -0.3 is 29.6 Å². The van der Waals surface area contributed by atoms with Crippen molar-refractivity contribution in [3.05, 3.63) is 17.8 Å². The van der Waals surface area contributed by atoms with Crippen molar-refractivity contribution < 1.29 is 23.7 Å². The third-order valence-electron chi connectivity index (χ3n) is 5.57. The molecule has 0 radical (unpaired) electrons. The van der Waals surface area contributed by atoms with E-state index in [2.05, 4.69) is 20.9 Å².